The predicted molar refractivity (Wildman–Crippen MR) is 43.2 cm³/mol. The summed E-state index contributed by atoms with van der Waals surface area (Å²) in [6, 6.07) is 0. The Labute approximate surface area is 71.7 Å². The lowest BCUT2D eigenvalue weighted by Crippen LogP contribution is -2.32. The second kappa shape index (κ2) is 1.90. The molecule has 2 aliphatic rings. The molecule has 2 fully saturated rings. The summed E-state index contributed by atoms with van der Waals surface area (Å²) >= 11 is 0. The number of likely N-dealkylation sites (tertiary alicyclic amines) is 1. The summed E-state index contributed by atoms with van der Waals surface area (Å²) in [5.41, 5.74) is -0.300. The van der Waals surface area contributed by atoms with Gasteiger partial charge >= 0.3 is 0 Å². The molecule has 2 amide bonds. The lowest BCUT2D eigenvalue weighted by atomic mass is 9.91. The van der Waals surface area contributed by atoms with Crippen molar-refractivity contribution in [1.29, 1.82) is 0 Å². The molecule has 3 nitrogen and oxygen atoms in total. The highest BCUT2D eigenvalue weighted by atomic mass is 16.2. The van der Waals surface area contributed by atoms with Gasteiger partial charge in [-0.3, -0.25) is 14.5 Å². The monoisotopic (exact) mass is 167 g/mol. The molecule has 0 aromatic heterocycles. The molecule has 1 heterocycles. The molecule has 2 atom stereocenters. The van der Waals surface area contributed by atoms with Crippen LogP contribution < -0.4 is 0 Å². The van der Waals surface area contributed by atoms with E-state index in [1.807, 2.05) is 13.8 Å². The predicted octanol–water partition coefficient (Wildman–Crippen LogP) is 0.647. The molecule has 0 bridgehead atoms. The van der Waals surface area contributed by atoms with Crippen LogP contribution in [0.4, 0.5) is 0 Å². The number of hydrogen-bond acceptors (Lipinski definition) is 2. The van der Waals surface area contributed by atoms with Crippen molar-refractivity contribution in [2.45, 2.75) is 20.3 Å². The molecule has 2 rings (SSSR count). The molecule has 66 valence electrons. The number of amides is 2. The van der Waals surface area contributed by atoms with Crippen LogP contribution >= 0.6 is 0 Å². The first-order valence-electron chi connectivity index (χ1n) is 4.34. The highest BCUT2D eigenvalue weighted by Gasteiger charge is 2.71. The van der Waals surface area contributed by atoms with Gasteiger partial charge in [-0.1, -0.05) is 13.8 Å². The van der Waals surface area contributed by atoms with Crippen molar-refractivity contribution >= 4 is 11.8 Å². The van der Waals surface area contributed by atoms with Gasteiger partial charge in [-0.05, 0) is 12.3 Å². The molecule has 0 N–H and O–H groups in total. The molecule has 1 saturated carbocycles. The molecular weight excluding hydrogens is 154 g/mol. The van der Waals surface area contributed by atoms with E-state index in [0.29, 0.717) is 5.92 Å². The molecule has 0 spiro atoms. The van der Waals surface area contributed by atoms with Crippen LogP contribution in [0, 0.1) is 17.3 Å². The van der Waals surface area contributed by atoms with E-state index in [-0.39, 0.29) is 23.1 Å². The molecule has 0 radical (unpaired) electrons. The average molecular weight is 167 g/mol. The van der Waals surface area contributed by atoms with Gasteiger partial charge in [0, 0.05) is 7.05 Å². The van der Waals surface area contributed by atoms with E-state index in [2.05, 4.69) is 0 Å². The fourth-order valence-corrected chi connectivity index (χ4v) is 2.35. The van der Waals surface area contributed by atoms with E-state index in [1.54, 1.807) is 7.05 Å². The zero-order valence-electron chi connectivity index (χ0n) is 7.63. The number of hydrogen-bond donors (Lipinski definition) is 0. The fourth-order valence-electron chi connectivity index (χ4n) is 2.35. The third kappa shape index (κ3) is 0.586. The van der Waals surface area contributed by atoms with Crippen LogP contribution in [0.3, 0.4) is 0 Å². The van der Waals surface area contributed by atoms with Crippen molar-refractivity contribution in [3.05, 3.63) is 0 Å². The number of carbonyl (C=O) groups excluding carboxylic acids is 2. The summed E-state index contributed by atoms with van der Waals surface area (Å²) in [4.78, 5) is 24.3. The average Bonchev–Trinajstić information content (AvgIpc) is 2.71. The minimum Gasteiger partial charge on any atom is -0.285 e. The van der Waals surface area contributed by atoms with E-state index in [9.17, 15) is 9.59 Å². The number of nitrogens with zero attached hydrogens (tertiary/aromatic N) is 1. The van der Waals surface area contributed by atoms with Gasteiger partial charge in [0.1, 0.15) is 0 Å². The van der Waals surface area contributed by atoms with Crippen molar-refractivity contribution in [2.75, 3.05) is 7.05 Å². The Morgan fingerprint density at radius 1 is 1.50 bits per heavy atom. The highest BCUT2D eigenvalue weighted by Crippen LogP contribution is 2.63. The van der Waals surface area contributed by atoms with E-state index in [4.69, 9.17) is 0 Å². The van der Waals surface area contributed by atoms with Crippen LogP contribution in [0.5, 0.6) is 0 Å². The second-order valence-electron chi connectivity index (χ2n) is 4.15. The standard InChI is InChI=1S/C9H13NO2/c1-5(2)9-4-6(9)7(11)10(3)8(9)12/h5-6H,4H2,1-3H3/t6-,9+/m0/s1. The normalized spacial score (nSPS) is 39.3. The van der Waals surface area contributed by atoms with E-state index < -0.39 is 0 Å². The third-order valence-electron chi connectivity index (χ3n) is 3.37. The Bertz CT molecular complexity index is 272. The van der Waals surface area contributed by atoms with Crippen molar-refractivity contribution in [3.63, 3.8) is 0 Å². The van der Waals surface area contributed by atoms with Crippen LogP contribution in [0.1, 0.15) is 20.3 Å². The molecule has 1 saturated heterocycles. The summed E-state index contributed by atoms with van der Waals surface area (Å²) in [5, 5.41) is 0. The van der Waals surface area contributed by atoms with Gasteiger partial charge in [-0.2, -0.15) is 0 Å². The summed E-state index contributed by atoms with van der Waals surface area (Å²) in [6.45, 7) is 4.04. The van der Waals surface area contributed by atoms with Crippen LogP contribution in [-0.2, 0) is 9.59 Å². The topological polar surface area (TPSA) is 37.4 Å². The van der Waals surface area contributed by atoms with Crippen LogP contribution in [0.25, 0.3) is 0 Å². The number of rotatable bonds is 1. The summed E-state index contributed by atoms with van der Waals surface area (Å²) in [6.07, 6.45) is 0.784. The molecule has 1 aliphatic heterocycles. The van der Waals surface area contributed by atoms with Crippen molar-refractivity contribution in [2.24, 2.45) is 17.3 Å². The van der Waals surface area contributed by atoms with Crippen LogP contribution in [0.15, 0.2) is 0 Å². The summed E-state index contributed by atoms with van der Waals surface area (Å²) < 4.78 is 0. The molecule has 0 unspecified atom stereocenters. The Morgan fingerprint density at radius 2 is 2.08 bits per heavy atom. The maximum atomic E-state index is 11.6. The summed E-state index contributed by atoms with van der Waals surface area (Å²) in [7, 11) is 1.58. The zero-order chi connectivity index (χ0) is 9.09. The lowest BCUT2D eigenvalue weighted by molar-refractivity contribution is -0.141. The van der Waals surface area contributed by atoms with E-state index in [1.165, 1.54) is 4.90 Å². The molecule has 12 heavy (non-hydrogen) atoms. The number of fused-ring (bicyclic) bond motifs is 1. The lowest BCUT2D eigenvalue weighted by Gasteiger charge is -2.17. The smallest absolute Gasteiger partial charge is 0.236 e. The zero-order valence-corrected chi connectivity index (χ0v) is 7.63. The van der Waals surface area contributed by atoms with Gasteiger partial charge in [-0.15, -0.1) is 0 Å². The van der Waals surface area contributed by atoms with Crippen molar-refractivity contribution in [1.82, 2.24) is 4.90 Å². The fraction of sp³-hybridized carbons (Fsp3) is 0.778. The number of imide groups is 1. The minimum atomic E-state index is -0.300. The number of piperidine rings is 1. The van der Waals surface area contributed by atoms with Crippen LogP contribution in [-0.4, -0.2) is 23.8 Å². The third-order valence-corrected chi connectivity index (χ3v) is 3.37. The van der Waals surface area contributed by atoms with Gasteiger partial charge in [-0.25, -0.2) is 0 Å². The largest absolute Gasteiger partial charge is 0.285 e. The highest BCUT2D eigenvalue weighted by molar-refractivity contribution is 6.11. The minimum absolute atomic E-state index is 0.00926. The Morgan fingerprint density at radius 3 is 2.33 bits per heavy atom. The first-order chi connectivity index (χ1) is 5.51. The van der Waals surface area contributed by atoms with Gasteiger partial charge in [0.15, 0.2) is 0 Å². The Kier molecular flexibility index (Phi) is 1.23. The Balaban J connectivity index is 2.36. The maximum Gasteiger partial charge on any atom is 0.236 e. The van der Waals surface area contributed by atoms with Crippen LogP contribution in [0.2, 0.25) is 0 Å². The molecular formula is C9H13NO2. The maximum absolute atomic E-state index is 11.6. The van der Waals surface area contributed by atoms with Crippen molar-refractivity contribution < 1.29 is 9.59 Å². The first kappa shape index (κ1) is 7.77. The first-order valence-corrected chi connectivity index (χ1v) is 4.34. The molecule has 3 heteroatoms. The quantitative estimate of drug-likeness (QED) is 0.538. The van der Waals surface area contributed by atoms with Crippen molar-refractivity contribution in [3.8, 4) is 0 Å². The summed E-state index contributed by atoms with van der Waals surface area (Å²) in [5.74, 6) is 0.361. The van der Waals surface area contributed by atoms with Gasteiger partial charge in [0.05, 0.1) is 11.3 Å². The van der Waals surface area contributed by atoms with E-state index >= 15 is 0 Å². The van der Waals surface area contributed by atoms with Gasteiger partial charge in [0.25, 0.3) is 0 Å². The number of carbonyl (C=O) groups is 2. The SMILES string of the molecule is CC(C)[C@]12C[C@H]1C(=O)N(C)C2=O. The molecule has 0 aromatic carbocycles. The van der Waals surface area contributed by atoms with Gasteiger partial charge < -0.3 is 0 Å². The molecule has 1 aliphatic carbocycles. The molecule has 0 aromatic rings. The Hall–Kier alpha value is -0.860. The van der Waals surface area contributed by atoms with Gasteiger partial charge in [0.2, 0.25) is 11.8 Å². The second-order valence-corrected chi connectivity index (χ2v) is 4.15. The van der Waals surface area contributed by atoms with E-state index in [0.717, 1.165) is 6.42 Å².